The molecule has 0 fully saturated rings. The molecule has 0 aliphatic carbocycles. The van der Waals surface area contributed by atoms with Crippen molar-refractivity contribution in [3.8, 4) is 0 Å². The summed E-state index contributed by atoms with van der Waals surface area (Å²) in [6.07, 6.45) is 0. The van der Waals surface area contributed by atoms with Gasteiger partial charge in [0.2, 0.25) is 0 Å². The van der Waals surface area contributed by atoms with Gasteiger partial charge in [0.15, 0.2) is 0 Å². The van der Waals surface area contributed by atoms with E-state index in [0.717, 1.165) is 11.0 Å². The molecule has 0 atom stereocenters. The summed E-state index contributed by atoms with van der Waals surface area (Å²) >= 11 is 0. The zero-order valence-electron chi connectivity index (χ0n) is 6.06. The van der Waals surface area contributed by atoms with Gasteiger partial charge in [-0.05, 0) is 11.0 Å². The van der Waals surface area contributed by atoms with Crippen molar-refractivity contribution in [2.45, 2.75) is 0 Å². The van der Waals surface area contributed by atoms with E-state index in [1.54, 1.807) is 0 Å². The van der Waals surface area contributed by atoms with Gasteiger partial charge in [0.1, 0.15) is 0 Å². The fraction of sp³-hybridized carbons (Fsp3) is 0. The molecule has 0 aliphatic rings. The van der Waals surface area contributed by atoms with Crippen molar-refractivity contribution in [2.24, 2.45) is 0 Å². The van der Waals surface area contributed by atoms with Crippen LogP contribution in [0.15, 0.2) is 24.3 Å². The maximum Gasteiger partial charge on any atom is 2.00 e. The Labute approximate surface area is 79.5 Å². The van der Waals surface area contributed by atoms with Gasteiger partial charge in [0.05, 0.1) is 0 Å². The van der Waals surface area contributed by atoms with Gasteiger partial charge < -0.3 is 17.6 Å². The molecular weight excluding hydrogens is 310 g/mol. The SMILES string of the molecule is [CH3-].[W+2].c1ccc2[n-]nnc2c1. The van der Waals surface area contributed by atoms with E-state index in [9.17, 15) is 0 Å². The third-order valence-corrected chi connectivity index (χ3v) is 1.19. The Balaban J connectivity index is 0.000000500. The third-order valence-electron chi connectivity index (χ3n) is 1.19. The van der Waals surface area contributed by atoms with E-state index in [4.69, 9.17) is 0 Å². The van der Waals surface area contributed by atoms with E-state index in [1.165, 1.54) is 0 Å². The van der Waals surface area contributed by atoms with Crippen molar-refractivity contribution >= 4 is 11.0 Å². The third kappa shape index (κ3) is 1.87. The molecular formula is C7H7N3W. The van der Waals surface area contributed by atoms with Crippen LogP contribution in [-0.2, 0) is 21.1 Å². The Morgan fingerprint density at radius 2 is 1.91 bits per heavy atom. The maximum atomic E-state index is 3.76. The van der Waals surface area contributed by atoms with Gasteiger partial charge in [0, 0.05) is 0 Å². The van der Waals surface area contributed by atoms with Crippen LogP contribution in [0.3, 0.4) is 0 Å². The molecule has 1 aromatic heterocycles. The molecule has 0 N–H and O–H groups in total. The number of nitrogens with zero attached hydrogens (tertiary/aromatic N) is 3. The summed E-state index contributed by atoms with van der Waals surface area (Å²) in [6, 6.07) is 7.60. The molecule has 0 spiro atoms. The second-order valence-corrected chi connectivity index (χ2v) is 1.78. The van der Waals surface area contributed by atoms with E-state index in [1.807, 2.05) is 24.3 Å². The van der Waals surface area contributed by atoms with Gasteiger partial charge in [-0.3, -0.25) is 5.21 Å². The van der Waals surface area contributed by atoms with Crippen LogP contribution in [-0.4, -0.2) is 10.3 Å². The molecule has 1 aromatic carbocycles. The fourth-order valence-electron chi connectivity index (χ4n) is 0.752. The van der Waals surface area contributed by atoms with Crippen molar-refractivity contribution in [3.05, 3.63) is 31.7 Å². The van der Waals surface area contributed by atoms with Crippen molar-refractivity contribution in [1.29, 1.82) is 0 Å². The van der Waals surface area contributed by atoms with Gasteiger partial charge in [-0.15, -0.1) is 0 Å². The van der Waals surface area contributed by atoms with Crippen molar-refractivity contribution < 1.29 is 21.1 Å². The molecule has 56 valence electrons. The molecule has 4 heteroatoms. The van der Waals surface area contributed by atoms with Crippen LogP contribution < -0.4 is 5.10 Å². The topological polar surface area (TPSA) is 39.9 Å². The average Bonchev–Trinajstić information content (AvgIpc) is 2.33. The first-order valence-electron chi connectivity index (χ1n) is 2.67. The molecule has 1 heterocycles. The molecule has 0 radical (unpaired) electrons. The minimum Gasteiger partial charge on any atom is -0.358 e. The van der Waals surface area contributed by atoms with E-state index in [-0.39, 0.29) is 28.5 Å². The molecule has 0 amide bonds. The van der Waals surface area contributed by atoms with E-state index in [0.29, 0.717) is 0 Å². The zero-order chi connectivity index (χ0) is 6.10. The van der Waals surface area contributed by atoms with E-state index >= 15 is 0 Å². The number of hydrogen-bond donors (Lipinski definition) is 0. The molecule has 0 unspecified atom stereocenters. The maximum absolute atomic E-state index is 3.76. The summed E-state index contributed by atoms with van der Waals surface area (Å²) in [6.45, 7) is 0. The molecule has 0 saturated heterocycles. The summed E-state index contributed by atoms with van der Waals surface area (Å²) in [5, 5.41) is 11.0. The zero-order valence-corrected chi connectivity index (χ0v) is 8.99. The minimum atomic E-state index is 0. The molecule has 0 aliphatic heterocycles. The molecule has 2 rings (SSSR count). The Morgan fingerprint density at radius 1 is 1.18 bits per heavy atom. The van der Waals surface area contributed by atoms with Gasteiger partial charge >= 0.3 is 21.1 Å². The summed E-state index contributed by atoms with van der Waals surface area (Å²) in [5.41, 5.74) is 1.72. The summed E-state index contributed by atoms with van der Waals surface area (Å²) < 4.78 is 0. The Bertz CT molecular complexity index is 288. The molecule has 2 aromatic rings. The quantitative estimate of drug-likeness (QED) is 0.682. The van der Waals surface area contributed by atoms with Crippen LogP contribution in [0.2, 0.25) is 0 Å². The summed E-state index contributed by atoms with van der Waals surface area (Å²) in [7, 11) is 0. The second kappa shape index (κ2) is 4.24. The average molecular weight is 317 g/mol. The smallest absolute Gasteiger partial charge is 0.358 e. The van der Waals surface area contributed by atoms with Crippen molar-refractivity contribution in [1.82, 2.24) is 15.4 Å². The van der Waals surface area contributed by atoms with E-state index < -0.39 is 0 Å². The number of hydrogen-bond acceptors (Lipinski definition) is 2. The second-order valence-electron chi connectivity index (χ2n) is 1.78. The fourth-order valence-corrected chi connectivity index (χ4v) is 0.752. The van der Waals surface area contributed by atoms with Crippen molar-refractivity contribution in [3.63, 3.8) is 0 Å². The Hall–Kier alpha value is -0.692. The molecule has 3 nitrogen and oxygen atoms in total. The standard InChI is InChI=1S/C6H4N3.CH3.W/c1-2-4-6-5(3-1)7-9-8-6;;/h1-4H;1H3;/q2*-1;+2. The molecule has 0 bridgehead atoms. The predicted molar refractivity (Wildman–Crippen MR) is 39.3 cm³/mol. The van der Waals surface area contributed by atoms with Gasteiger partial charge in [-0.2, -0.15) is 0 Å². The van der Waals surface area contributed by atoms with E-state index in [2.05, 4.69) is 15.4 Å². The number of aromatic nitrogens is 3. The number of fused-ring (bicyclic) bond motifs is 1. The number of benzene rings is 1. The first-order chi connectivity index (χ1) is 4.47. The van der Waals surface area contributed by atoms with Crippen LogP contribution in [0.4, 0.5) is 0 Å². The largest absolute Gasteiger partial charge is 2.00 e. The summed E-state index contributed by atoms with van der Waals surface area (Å²) in [4.78, 5) is 0. The minimum absolute atomic E-state index is 0. The monoisotopic (exact) mass is 317 g/mol. The number of rotatable bonds is 0. The van der Waals surface area contributed by atoms with Crippen LogP contribution in [0.1, 0.15) is 0 Å². The normalized spacial score (nSPS) is 8.36. The molecule has 11 heavy (non-hydrogen) atoms. The van der Waals surface area contributed by atoms with Gasteiger partial charge in [-0.25, -0.2) is 0 Å². The summed E-state index contributed by atoms with van der Waals surface area (Å²) in [5.74, 6) is 0. The van der Waals surface area contributed by atoms with Crippen LogP contribution in [0.5, 0.6) is 0 Å². The van der Waals surface area contributed by atoms with Crippen LogP contribution in [0.25, 0.3) is 11.0 Å². The Morgan fingerprint density at radius 3 is 2.64 bits per heavy atom. The van der Waals surface area contributed by atoms with Crippen LogP contribution >= 0.6 is 0 Å². The molecule has 0 saturated carbocycles. The first-order valence-corrected chi connectivity index (χ1v) is 2.67. The van der Waals surface area contributed by atoms with Crippen LogP contribution in [0, 0.1) is 7.43 Å². The van der Waals surface area contributed by atoms with Crippen molar-refractivity contribution in [2.75, 3.05) is 0 Å². The van der Waals surface area contributed by atoms with Gasteiger partial charge in [0.25, 0.3) is 0 Å². The first kappa shape index (κ1) is 10.3. The predicted octanol–water partition coefficient (Wildman–Crippen LogP) is 1.03. The Kier molecular flexibility index (Phi) is 3.97. The van der Waals surface area contributed by atoms with Gasteiger partial charge in [-0.1, -0.05) is 24.3 Å².